The maximum Gasteiger partial charge on any atom is 0.287 e. The SMILES string of the molecule is COc1ccc(NC(=S)NCCNC(=O)c2ccco2)cc1OC. The van der Waals surface area contributed by atoms with Crippen molar-refractivity contribution in [3.8, 4) is 11.5 Å². The van der Waals surface area contributed by atoms with Crippen LogP contribution >= 0.6 is 12.2 Å². The third kappa shape index (κ3) is 4.88. The predicted octanol–water partition coefficient (Wildman–Crippen LogP) is 2.01. The molecule has 2 aromatic rings. The van der Waals surface area contributed by atoms with Crippen LogP contribution in [0.25, 0.3) is 0 Å². The average Bonchev–Trinajstić information content (AvgIpc) is 3.13. The van der Waals surface area contributed by atoms with Gasteiger partial charge in [0.1, 0.15) is 0 Å². The van der Waals surface area contributed by atoms with Crippen molar-refractivity contribution in [1.82, 2.24) is 10.6 Å². The number of hydrogen-bond donors (Lipinski definition) is 3. The second-order valence-corrected chi connectivity index (χ2v) is 5.09. The van der Waals surface area contributed by atoms with Gasteiger partial charge in [-0.2, -0.15) is 0 Å². The minimum Gasteiger partial charge on any atom is -0.493 e. The molecule has 0 aliphatic heterocycles. The quantitative estimate of drug-likeness (QED) is 0.521. The van der Waals surface area contributed by atoms with Crippen molar-refractivity contribution in [3.63, 3.8) is 0 Å². The number of hydrogen-bond acceptors (Lipinski definition) is 5. The minimum absolute atomic E-state index is 0.263. The summed E-state index contributed by atoms with van der Waals surface area (Å²) < 4.78 is 15.4. The summed E-state index contributed by atoms with van der Waals surface area (Å²) in [6.45, 7) is 0.888. The van der Waals surface area contributed by atoms with Crippen LogP contribution in [0.2, 0.25) is 0 Å². The van der Waals surface area contributed by atoms with Crippen molar-refractivity contribution >= 4 is 28.9 Å². The summed E-state index contributed by atoms with van der Waals surface area (Å²) in [6.07, 6.45) is 1.45. The number of ether oxygens (including phenoxy) is 2. The first kappa shape index (κ1) is 17.6. The van der Waals surface area contributed by atoms with Gasteiger partial charge in [-0.3, -0.25) is 4.79 Å². The van der Waals surface area contributed by atoms with E-state index in [1.807, 2.05) is 6.07 Å². The van der Waals surface area contributed by atoms with E-state index in [1.54, 1.807) is 38.5 Å². The van der Waals surface area contributed by atoms with E-state index >= 15 is 0 Å². The molecule has 3 N–H and O–H groups in total. The van der Waals surface area contributed by atoms with Crippen LogP contribution in [-0.4, -0.2) is 38.3 Å². The lowest BCUT2D eigenvalue weighted by molar-refractivity contribution is 0.0926. The summed E-state index contributed by atoms with van der Waals surface area (Å²) in [5.41, 5.74) is 0.768. The van der Waals surface area contributed by atoms with Gasteiger partial charge in [0.05, 0.1) is 20.5 Å². The van der Waals surface area contributed by atoms with E-state index in [2.05, 4.69) is 16.0 Å². The summed E-state index contributed by atoms with van der Waals surface area (Å²) in [4.78, 5) is 11.7. The Morgan fingerprint density at radius 3 is 2.54 bits per heavy atom. The molecule has 8 heteroatoms. The fourth-order valence-electron chi connectivity index (χ4n) is 1.94. The van der Waals surface area contributed by atoms with Crippen LogP contribution in [0.4, 0.5) is 5.69 Å². The van der Waals surface area contributed by atoms with Gasteiger partial charge in [0, 0.05) is 24.8 Å². The highest BCUT2D eigenvalue weighted by molar-refractivity contribution is 7.80. The summed E-state index contributed by atoms with van der Waals surface area (Å²) in [7, 11) is 3.15. The number of benzene rings is 1. The third-order valence-corrected chi connectivity index (χ3v) is 3.33. The Balaban J connectivity index is 1.74. The highest BCUT2D eigenvalue weighted by Gasteiger charge is 2.07. The van der Waals surface area contributed by atoms with Gasteiger partial charge in [0.2, 0.25) is 0 Å². The summed E-state index contributed by atoms with van der Waals surface area (Å²) in [5.74, 6) is 1.26. The fraction of sp³-hybridized carbons (Fsp3) is 0.250. The van der Waals surface area contributed by atoms with Gasteiger partial charge in [0.15, 0.2) is 22.4 Å². The van der Waals surface area contributed by atoms with E-state index in [4.69, 9.17) is 26.1 Å². The van der Waals surface area contributed by atoms with Crippen molar-refractivity contribution in [2.45, 2.75) is 0 Å². The van der Waals surface area contributed by atoms with Crippen molar-refractivity contribution < 1.29 is 18.7 Å². The topological polar surface area (TPSA) is 84.8 Å². The average molecular weight is 349 g/mol. The first-order chi connectivity index (χ1) is 11.6. The monoisotopic (exact) mass is 349 g/mol. The van der Waals surface area contributed by atoms with Crippen LogP contribution in [0.5, 0.6) is 11.5 Å². The number of anilines is 1. The molecule has 0 aliphatic rings. The summed E-state index contributed by atoms with van der Waals surface area (Å²) >= 11 is 5.21. The molecule has 1 amide bonds. The van der Waals surface area contributed by atoms with Gasteiger partial charge in [-0.05, 0) is 36.5 Å². The Kier molecular flexibility index (Phi) is 6.44. The van der Waals surface area contributed by atoms with Crippen LogP contribution in [0.3, 0.4) is 0 Å². The second-order valence-electron chi connectivity index (χ2n) is 4.68. The van der Waals surface area contributed by atoms with Gasteiger partial charge in [-0.25, -0.2) is 0 Å². The molecule has 1 heterocycles. The molecule has 1 aromatic carbocycles. The molecule has 0 unspecified atom stereocenters. The van der Waals surface area contributed by atoms with E-state index in [0.717, 1.165) is 5.69 Å². The van der Waals surface area contributed by atoms with E-state index < -0.39 is 0 Å². The second kappa shape index (κ2) is 8.78. The number of carbonyl (C=O) groups excluding carboxylic acids is 1. The van der Waals surface area contributed by atoms with Crippen LogP contribution < -0.4 is 25.4 Å². The number of furan rings is 1. The number of nitrogens with one attached hydrogen (secondary N) is 3. The van der Waals surface area contributed by atoms with Crippen LogP contribution in [0, 0.1) is 0 Å². The van der Waals surface area contributed by atoms with E-state index in [1.165, 1.54) is 6.26 Å². The summed E-state index contributed by atoms with van der Waals surface area (Å²) in [5, 5.41) is 9.20. The molecule has 0 saturated heterocycles. The molecule has 24 heavy (non-hydrogen) atoms. The van der Waals surface area contributed by atoms with Crippen LogP contribution in [0.1, 0.15) is 10.6 Å². The van der Waals surface area contributed by atoms with Crippen molar-refractivity contribution in [2.24, 2.45) is 0 Å². The Morgan fingerprint density at radius 1 is 1.12 bits per heavy atom. The molecule has 1 aromatic heterocycles. The van der Waals surface area contributed by atoms with E-state index in [-0.39, 0.29) is 11.7 Å². The highest BCUT2D eigenvalue weighted by atomic mass is 32.1. The van der Waals surface area contributed by atoms with Crippen molar-refractivity contribution in [3.05, 3.63) is 42.4 Å². The fourth-order valence-corrected chi connectivity index (χ4v) is 2.16. The van der Waals surface area contributed by atoms with Gasteiger partial charge < -0.3 is 29.8 Å². The largest absolute Gasteiger partial charge is 0.493 e. The highest BCUT2D eigenvalue weighted by Crippen LogP contribution is 2.29. The molecule has 128 valence electrons. The van der Waals surface area contributed by atoms with Gasteiger partial charge in [0.25, 0.3) is 5.91 Å². The molecular formula is C16H19N3O4S. The zero-order valence-corrected chi connectivity index (χ0v) is 14.2. The maximum absolute atomic E-state index is 11.7. The number of thiocarbonyl (C=S) groups is 1. The Morgan fingerprint density at radius 2 is 1.88 bits per heavy atom. The number of methoxy groups -OCH3 is 2. The van der Waals surface area contributed by atoms with E-state index in [9.17, 15) is 4.79 Å². The molecule has 0 atom stereocenters. The van der Waals surface area contributed by atoms with E-state index in [0.29, 0.717) is 29.7 Å². The zero-order chi connectivity index (χ0) is 17.4. The number of carbonyl (C=O) groups is 1. The first-order valence-electron chi connectivity index (χ1n) is 7.22. The van der Waals surface area contributed by atoms with Crippen LogP contribution in [-0.2, 0) is 0 Å². The standard InChI is InChI=1S/C16H19N3O4S/c1-21-12-6-5-11(10-14(12)22-2)19-16(24)18-8-7-17-15(20)13-4-3-9-23-13/h3-6,9-10H,7-8H2,1-2H3,(H,17,20)(H2,18,19,24). The maximum atomic E-state index is 11.7. The van der Waals surface area contributed by atoms with Gasteiger partial charge >= 0.3 is 0 Å². The number of rotatable bonds is 7. The molecule has 0 aliphatic carbocycles. The molecule has 0 fully saturated rings. The smallest absolute Gasteiger partial charge is 0.287 e. The minimum atomic E-state index is -0.263. The summed E-state index contributed by atoms with van der Waals surface area (Å²) in [6, 6.07) is 8.66. The van der Waals surface area contributed by atoms with Crippen LogP contribution in [0.15, 0.2) is 41.0 Å². The molecular weight excluding hydrogens is 330 g/mol. The Bertz CT molecular complexity index is 689. The molecule has 0 radical (unpaired) electrons. The molecule has 7 nitrogen and oxygen atoms in total. The lowest BCUT2D eigenvalue weighted by atomic mass is 10.3. The molecule has 2 rings (SSSR count). The lowest BCUT2D eigenvalue weighted by Crippen LogP contribution is -2.36. The van der Waals surface area contributed by atoms with Gasteiger partial charge in [-0.1, -0.05) is 0 Å². The number of amides is 1. The van der Waals surface area contributed by atoms with Crippen molar-refractivity contribution in [2.75, 3.05) is 32.6 Å². The molecule has 0 saturated carbocycles. The third-order valence-electron chi connectivity index (χ3n) is 3.08. The molecule has 0 spiro atoms. The molecule has 0 bridgehead atoms. The lowest BCUT2D eigenvalue weighted by Gasteiger charge is -2.13. The van der Waals surface area contributed by atoms with Crippen molar-refractivity contribution in [1.29, 1.82) is 0 Å². The zero-order valence-electron chi connectivity index (χ0n) is 13.4. The first-order valence-corrected chi connectivity index (χ1v) is 7.63. The normalized spacial score (nSPS) is 9.92. The van der Waals surface area contributed by atoms with Gasteiger partial charge in [-0.15, -0.1) is 0 Å². The Hall–Kier alpha value is -2.74. The predicted molar refractivity (Wildman–Crippen MR) is 94.8 cm³/mol. The Labute approximate surface area is 145 Å².